The molecule has 10 heteroatoms. The molecule has 1 aliphatic rings. The Kier molecular flexibility index (Phi) is 6.81. The van der Waals surface area contributed by atoms with Gasteiger partial charge in [0.25, 0.3) is 0 Å². The van der Waals surface area contributed by atoms with E-state index in [4.69, 9.17) is 9.26 Å². The molecule has 0 amide bonds. The molecule has 1 N–H and O–H groups in total. The Morgan fingerprint density at radius 3 is 2.60 bits per heavy atom. The first kappa shape index (κ1) is 24.3. The summed E-state index contributed by atoms with van der Waals surface area (Å²) in [6, 6.07) is 8.33. The number of nitrogens with zero attached hydrogens (tertiary/aromatic N) is 3. The topological polar surface area (TPSA) is 90.4 Å². The number of aromatic nitrogens is 3. The van der Waals surface area contributed by atoms with Crippen molar-refractivity contribution in [1.29, 1.82) is 0 Å². The highest BCUT2D eigenvalue weighted by Gasteiger charge is 2.30. The summed E-state index contributed by atoms with van der Waals surface area (Å²) in [6.45, 7) is 2.22. The minimum atomic E-state index is -4.39. The van der Waals surface area contributed by atoms with E-state index in [1.54, 1.807) is 23.9 Å². The van der Waals surface area contributed by atoms with Crippen molar-refractivity contribution in [3.05, 3.63) is 83.1 Å². The van der Waals surface area contributed by atoms with E-state index in [1.165, 1.54) is 18.4 Å². The van der Waals surface area contributed by atoms with Gasteiger partial charge in [-0.25, -0.2) is 0 Å². The van der Waals surface area contributed by atoms with Crippen molar-refractivity contribution in [1.82, 2.24) is 14.9 Å². The van der Waals surface area contributed by atoms with Crippen LogP contribution in [-0.4, -0.2) is 26.0 Å². The van der Waals surface area contributed by atoms with Gasteiger partial charge in [0.1, 0.15) is 12.9 Å². The number of halogens is 3. The molecule has 7 nitrogen and oxygen atoms in total. The summed E-state index contributed by atoms with van der Waals surface area (Å²) in [5.74, 6) is -0.534. The van der Waals surface area contributed by atoms with Gasteiger partial charge in [0.15, 0.2) is 0 Å². The summed E-state index contributed by atoms with van der Waals surface area (Å²) >= 11 is 0. The molecule has 0 radical (unpaired) electrons. The van der Waals surface area contributed by atoms with E-state index in [0.717, 1.165) is 29.2 Å². The van der Waals surface area contributed by atoms with Crippen LogP contribution >= 0.6 is 0 Å². The minimum Gasteiger partial charge on any atom is -0.491 e. The van der Waals surface area contributed by atoms with Gasteiger partial charge in [-0.3, -0.25) is 9.48 Å². The maximum absolute atomic E-state index is 12.8. The van der Waals surface area contributed by atoms with Gasteiger partial charge in [-0.2, -0.15) is 18.3 Å². The summed E-state index contributed by atoms with van der Waals surface area (Å²) in [7, 11) is 1.75. The first-order chi connectivity index (χ1) is 16.6. The number of rotatable bonds is 8. The van der Waals surface area contributed by atoms with Crippen molar-refractivity contribution >= 4 is 5.97 Å². The van der Waals surface area contributed by atoms with E-state index in [2.05, 4.69) is 10.3 Å². The summed E-state index contributed by atoms with van der Waals surface area (Å²) < 4.78 is 51.0. The zero-order valence-corrected chi connectivity index (χ0v) is 19.1. The molecule has 2 unspecified atom stereocenters. The Labute approximate surface area is 199 Å². The van der Waals surface area contributed by atoms with Crippen molar-refractivity contribution < 1.29 is 32.3 Å². The molecule has 2 heterocycles. The van der Waals surface area contributed by atoms with Gasteiger partial charge in [0.2, 0.25) is 0 Å². The molecule has 2 atom stereocenters. The second kappa shape index (κ2) is 9.81. The number of benzene rings is 1. The second-order valence-corrected chi connectivity index (χ2v) is 8.50. The largest absolute Gasteiger partial charge is 0.491 e. The molecular formula is C25H24F3N3O4. The molecule has 3 aromatic rings. The zero-order chi connectivity index (χ0) is 25.2. The van der Waals surface area contributed by atoms with Crippen molar-refractivity contribution in [3.63, 3.8) is 0 Å². The van der Waals surface area contributed by atoms with Crippen molar-refractivity contribution in [2.24, 2.45) is 13.0 Å². The van der Waals surface area contributed by atoms with Crippen LogP contribution in [0.4, 0.5) is 13.2 Å². The number of ether oxygens (including phenoxy) is 1. The number of carbonyl (C=O) groups is 1. The molecule has 1 aliphatic carbocycles. The highest BCUT2D eigenvalue weighted by Crippen LogP contribution is 2.37. The summed E-state index contributed by atoms with van der Waals surface area (Å²) in [5.41, 5.74) is 2.70. The number of carboxylic acids is 1. The number of hydrogen-bond donors (Lipinski definition) is 1. The van der Waals surface area contributed by atoms with E-state index < -0.39 is 17.7 Å². The number of aryl methyl sites for hydroxylation is 1. The van der Waals surface area contributed by atoms with Crippen molar-refractivity contribution in [3.8, 4) is 11.3 Å². The maximum atomic E-state index is 12.8. The standard InChI is InChI=1S/C25H24F3N3O4/c1-15-11-17(20(13-24(32)33)21-9-10-35-30-21)5-8-23(15)34-14-19-12-22(29-31(19)2)16-3-6-18(7-4-16)25(26,27)28/h3-10,12,15,20H,11,13-14H2,1-2H3,(H,32,33). The summed E-state index contributed by atoms with van der Waals surface area (Å²) in [6.07, 6.45) is 1.27. The zero-order valence-electron chi connectivity index (χ0n) is 19.1. The molecule has 184 valence electrons. The number of hydrogen-bond acceptors (Lipinski definition) is 5. The molecule has 0 spiro atoms. The Balaban J connectivity index is 1.46. The lowest BCUT2D eigenvalue weighted by molar-refractivity contribution is -0.138. The molecule has 4 rings (SSSR count). The van der Waals surface area contributed by atoms with Gasteiger partial charge in [0.05, 0.1) is 34.8 Å². The predicted molar refractivity (Wildman–Crippen MR) is 120 cm³/mol. The van der Waals surface area contributed by atoms with Gasteiger partial charge < -0.3 is 14.4 Å². The van der Waals surface area contributed by atoms with Crippen LogP contribution in [0.1, 0.15) is 42.6 Å². The van der Waals surface area contributed by atoms with Gasteiger partial charge in [-0.15, -0.1) is 0 Å². The van der Waals surface area contributed by atoms with Crippen LogP contribution in [0, 0.1) is 5.92 Å². The third kappa shape index (κ3) is 5.64. The van der Waals surface area contributed by atoms with Crippen molar-refractivity contribution in [2.75, 3.05) is 0 Å². The van der Waals surface area contributed by atoms with E-state index in [9.17, 15) is 23.1 Å². The average Bonchev–Trinajstić information content (AvgIpc) is 3.46. The number of allylic oxidation sites excluding steroid dienone is 4. The van der Waals surface area contributed by atoms with Crippen LogP contribution in [0.3, 0.4) is 0 Å². The smallest absolute Gasteiger partial charge is 0.416 e. The molecule has 0 bridgehead atoms. The number of carboxylic acid groups (broad SMARTS) is 1. The highest BCUT2D eigenvalue weighted by atomic mass is 19.4. The Hall–Kier alpha value is -3.82. The molecule has 1 aromatic carbocycles. The first-order valence-corrected chi connectivity index (χ1v) is 11.0. The molecule has 0 fully saturated rings. The van der Waals surface area contributed by atoms with E-state index >= 15 is 0 Å². The summed E-state index contributed by atoms with van der Waals surface area (Å²) in [5, 5.41) is 17.6. The SMILES string of the molecule is CC1CC(C(CC(=O)O)c2ccon2)=CC=C1OCc1cc(-c2ccc(C(F)(F)F)cc2)nn1C. The molecule has 0 saturated heterocycles. The molecule has 2 aromatic heterocycles. The van der Waals surface area contributed by atoms with Crippen LogP contribution in [-0.2, 0) is 29.4 Å². The fraction of sp³-hybridized carbons (Fsp3) is 0.320. The number of aliphatic carboxylic acids is 1. The molecule has 0 aliphatic heterocycles. The van der Waals surface area contributed by atoms with Gasteiger partial charge in [-0.05, 0) is 30.7 Å². The quantitative estimate of drug-likeness (QED) is 0.437. The first-order valence-electron chi connectivity index (χ1n) is 11.0. The lowest BCUT2D eigenvalue weighted by Crippen LogP contribution is -2.16. The monoisotopic (exact) mass is 487 g/mol. The third-order valence-electron chi connectivity index (χ3n) is 6.00. The fourth-order valence-electron chi connectivity index (χ4n) is 4.10. The van der Waals surface area contributed by atoms with E-state index in [-0.39, 0.29) is 24.9 Å². The minimum absolute atomic E-state index is 0.0146. The van der Waals surface area contributed by atoms with Gasteiger partial charge in [0, 0.05) is 30.5 Å². The van der Waals surface area contributed by atoms with Crippen LogP contribution in [0.2, 0.25) is 0 Å². The number of alkyl halides is 3. The Morgan fingerprint density at radius 2 is 2.00 bits per heavy atom. The van der Waals surface area contributed by atoms with E-state index in [1.807, 2.05) is 19.1 Å². The summed E-state index contributed by atoms with van der Waals surface area (Å²) in [4.78, 5) is 11.4. The highest BCUT2D eigenvalue weighted by molar-refractivity contribution is 5.69. The van der Waals surface area contributed by atoms with E-state index in [0.29, 0.717) is 23.4 Å². The third-order valence-corrected chi connectivity index (χ3v) is 6.00. The normalized spacial score (nSPS) is 17.0. The molecule has 0 saturated carbocycles. The van der Waals surface area contributed by atoms with Gasteiger partial charge in [-0.1, -0.05) is 35.9 Å². The lowest BCUT2D eigenvalue weighted by atomic mass is 9.83. The van der Waals surface area contributed by atoms with Crippen LogP contribution in [0.15, 0.2) is 70.7 Å². The molecular weight excluding hydrogens is 463 g/mol. The molecule has 35 heavy (non-hydrogen) atoms. The van der Waals surface area contributed by atoms with Crippen LogP contribution in [0.25, 0.3) is 11.3 Å². The average molecular weight is 487 g/mol. The predicted octanol–water partition coefficient (Wildman–Crippen LogP) is 5.72. The Morgan fingerprint density at radius 1 is 1.26 bits per heavy atom. The fourth-order valence-corrected chi connectivity index (χ4v) is 4.10. The maximum Gasteiger partial charge on any atom is 0.416 e. The lowest BCUT2D eigenvalue weighted by Gasteiger charge is -2.25. The van der Waals surface area contributed by atoms with Gasteiger partial charge >= 0.3 is 12.1 Å². The van der Waals surface area contributed by atoms with Crippen molar-refractivity contribution in [2.45, 2.75) is 38.5 Å². The Bertz CT molecular complexity index is 1240. The van der Waals surface area contributed by atoms with Crippen LogP contribution in [0.5, 0.6) is 0 Å². The van der Waals surface area contributed by atoms with Crippen LogP contribution < -0.4 is 0 Å². The second-order valence-electron chi connectivity index (χ2n) is 8.50.